The highest BCUT2D eigenvalue weighted by Crippen LogP contribution is 2.18. The van der Waals surface area contributed by atoms with Gasteiger partial charge in [-0.05, 0) is 23.0 Å². The Hall–Kier alpha value is -0.910. The summed E-state index contributed by atoms with van der Waals surface area (Å²) in [4.78, 5) is 0. The Labute approximate surface area is 115 Å². The van der Waals surface area contributed by atoms with Crippen molar-refractivity contribution in [2.24, 2.45) is 5.41 Å². The first kappa shape index (κ1) is 16.1. The van der Waals surface area contributed by atoms with Gasteiger partial charge in [-0.3, -0.25) is 0 Å². The Kier molecular flexibility index (Phi) is 5.52. The fraction of sp³-hybridized carbons (Fsp3) is 0.571. The lowest BCUT2D eigenvalue weighted by Crippen LogP contribution is -2.34. The molecule has 0 amide bonds. The molecule has 0 bridgehead atoms. The van der Waals surface area contributed by atoms with Gasteiger partial charge in [-0.15, -0.1) is 0 Å². The Morgan fingerprint density at radius 1 is 1.26 bits per heavy atom. The number of hydrogen-bond donors (Lipinski definition) is 2. The van der Waals surface area contributed by atoms with E-state index in [1.54, 1.807) is 24.3 Å². The maximum atomic E-state index is 12.0. The third-order valence-electron chi connectivity index (χ3n) is 3.26. The minimum absolute atomic E-state index is 0.0417. The zero-order valence-corrected chi connectivity index (χ0v) is 12.6. The van der Waals surface area contributed by atoms with Crippen LogP contribution in [0.5, 0.6) is 0 Å². The zero-order valence-electron chi connectivity index (χ0n) is 11.8. The van der Waals surface area contributed by atoms with Gasteiger partial charge >= 0.3 is 0 Å². The number of aliphatic hydroxyl groups excluding tert-OH is 1. The molecular weight excluding hydrogens is 262 g/mol. The molecular formula is C14H23NO3S. The van der Waals surface area contributed by atoms with E-state index in [0.29, 0.717) is 12.1 Å². The van der Waals surface area contributed by atoms with Gasteiger partial charge in [-0.2, -0.15) is 0 Å². The molecule has 5 heteroatoms. The first-order valence-corrected chi connectivity index (χ1v) is 8.09. The average Bonchev–Trinajstić information content (AvgIpc) is 2.36. The van der Waals surface area contributed by atoms with Crippen LogP contribution >= 0.6 is 0 Å². The predicted octanol–water partition coefficient (Wildman–Crippen LogP) is 2.03. The van der Waals surface area contributed by atoms with E-state index < -0.39 is 10.0 Å². The number of benzene rings is 1. The smallest absolute Gasteiger partial charge is 0.215 e. The van der Waals surface area contributed by atoms with E-state index >= 15 is 0 Å². The molecule has 0 aliphatic carbocycles. The standard InChI is InChI=1S/C14H23NO3S/c1-4-14(2,3)11-15-19(17,18)10-13-7-5-6-12(8-13)9-16/h5-8,15-16H,4,9-11H2,1-3H3. The van der Waals surface area contributed by atoms with Crippen molar-refractivity contribution in [3.63, 3.8) is 0 Å². The lowest BCUT2D eigenvalue weighted by Gasteiger charge is -2.22. The van der Waals surface area contributed by atoms with Crippen LogP contribution in [0.4, 0.5) is 0 Å². The van der Waals surface area contributed by atoms with Gasteiger partial charge in [0.1, 0.15) is 0 Å². The highest BCUT2D eigenvalue weighted by atomic mass is 32.2. The molecule has 0 aromatic heterocycles. The van der Waals surface area contributed by atoms with Crippen molar-refractivity contribution in [3.05, 3.63) is 35.4 Å². The molecule has 4 nitrogen and oxygen atoms in total. The van der Waals surface area contributed by atoms with Gasteiger partial charge in [0, 0.05) is 6.54 Å². The molecule has 1 aromatic carbocycles. The molecule has 0 saturated heterocycles. The summed E-state index contributed by atoms with van der Waals surface area (Å²) >= 11 is 0. The summed E-state index contributed by atoms with van der Waals surface area (Å²) in [5.41, 5.74) is 1.37. The number of hydrogen-bond acceptors (Lipinski definition) is 3. The molecule has 0 aliphatic rings. The third kappa shape index (κ3) is 5.72. The Bertz CT molecular complexity index is 509. The van der Waals surface area contributed by atoms with Crippen molar-refractivity contribution in [1.82, 2.24) is 4.72 Å². The monoisotopic (exact) mass is 285 g/mol. The van der Waals surface area contributed by atoms with Gasteiger partial charge in [0.2, 0.25) is 10.0 Å². The lowest BCUT2D eigenvalue weighted by molar-refractivity contribution is 0.282. The largest absolute Gasteiger partial charge is 0.392 e. The van der Waals surface area contributed by atoms with Crippen molar-refractivity contribution < 1.29 is 13.5 Å². The van der Waals surface area contributed by atoms with Gasteiger partial charge in [0.25, 0.3) is 0 Å². The predicted molar refractivity (Wildman–Crippen MR) is 77.1 cm³/mol. The minimum atomic E-state index is -3.33. The highest BCUT2D eigenvalue weighted by molar-refractivity contribution is 7.88. The van der Waals surface area contributed by atoms with E-state index in [1.807, 2.05) is 20.8 Å². The van der Waals surface area contributed by atoms with Crippen LogP contribution in [-0.4, -0.2) is 20.1 Å². The van der Waals surface area contributed by atoms with Crippen LogP contribution in [0, 0.1) is 5.41 Å². The molecule has 19 heavy (non-hydrogen) atoms. The van der Waals surface area contributed by atoms with Crippen molar-refractivity contribution in [2.45, 2.75) is 39.6 Å². The number of aliphatic hydroxyl groups is 1. The van der Waals surface area contributed by atoms with Crippen LogP contribution < -0.4 is 4.72 Å². The van der Waals surface area contributed by atoms with E-state index in [9.17, 15) is 8.42 Å². The van der Waals surface area contributed by atoms with Crippen molar-refractivity contribution in [2.75, 3.05) is 6.54 Å². The molecule has 2 N–H and O–H groups in total. The SMILES string of the molecule is CCC(C)(C)CNS(=O)(=O)Cc1cccc(CO)c1. The number of nitrogens with one attached hydrogen (secondary N) is 1. The summed E-state index contributed by atoms with van der Waals surface area (Å²) in [6.45, 7) is 6.46. The average molecular weight is 285 g/mol. The summed E-state index contributed by atoms with van der Waals surface area (Å²) in [5.74, 6) is -0.0549. The second kappa shape index (κ2) is 6.50. The van der Waals surface area contributed by atoms with Gasteiger partial charge in [-0.25, -0.2) is 13.1 Å². The summed E-state index contributed by atoms with van der Waals surface area (Å²) in [5, 5.41) is 9.04. The first-order valence-electron chi connectivity index (χ1n) is 6.44. The van der Waals surface area contributed by atoms with E-state index in [4.69, 9.17) is 5.11 Å². The molecule has 0 fully saturated rings. The normalized spacial score (nSPS) is 12.6. The van der Waals surface area contributed by atoms with Crippen LogP contribution in [0.2, 0.25) is 0 Å². The van der Waals surface area contributed by atoms with Gasteiger partial charge in [-0.1, -0.05) is 45.0 Å². The summed E-state index contributed by atoms with van der Waals surface area (Å²) in [6.07, 6.45) is 0.912. The van der Waals surface area contributed by atoms with Crippen LogP contribution in [0.25, 0.3) is 0 Å². The second-order valence-electron chi connectivity index (χ2n) is 5.58. The summed E-state index contributed by atoms with van der Waals surface area (Å²) in [7, 11) is -3.33. The van der Waals surface area contributed by atoms with Crippen LogP contribution in [0.15, 0.2) is 24.3 Å². The maximum absolute atomic E-state index is 12.0. The van der Waals surface area contributed by atoms with E-state index in [2.05, 4.69) is 4.72 Å². The van der Waals surface area contributed by atoms with Crippen LogP contribution in [0.3, 0.4) is 0 Å². The third-order valence-corrected chi connectivity index (χ3v) is 4.56. The van der Waals surface area contributed by atoms with Crippen LogP contribution in [-0.2, 0) is 22.4 Å². The number of sulfonamides is 1. The van der Waals surface area contributed by atoms with Crippen molar-refractivity contribution >= 4 is 10.0 Å². The molecule has 1 aromatic rings. The quantitative estimate of drug-likeness (QED) is 0.805. The second-order valence-corrected chi connectivity index (χ2v) is 7.38. The fourth-order valence-corrected chi connectivity index (χ4v) is 2.85. The molecule has 0 spiro atoms. The molecule has 0 saturated carbocycles. The number of rotatable bonds is 7. The van der Waals surface area contributed by atoms with Crippen molar-refractivity contribution in [3.8, 4) is 0 Å². The van der Waals surface area contributed by atoms with Gasteiger partial charge < -0.3 is 5.11 Å². The van der Waals surface area contributed by atoms with Gasteiger partial charge in [0.15, 0.2) is 0 Å². The van der Waals surface area contributed by atoms with Gasteiger partial charge in [0.05, 0.1) is 12.4 Å². The Morgan fingerprint density at radius 3 is 2.47 bits per heavy atom. The molecule has 0 heterocycles. The fourth-order valence-electron chi connectivity index (χ4n) is 1.52. The Balaban J connectivity index is 2.69. The Morgan fingerprint density at radius 2 is 1.89 bits per heavy atom. The minimum Gasteiger partial charge on any atom is -0.392 e. The first-order chi connectivity index (χ1) is 8.78. The molecule has 0 unspecified atom stereocenters. The zero-order chi connectivity index (χ0) is 14.5. The topological polar surface area (TPSA) is 66.4 Å². The molecule has 1 rings (SSSR count). The van der Waals surface area contributed by atoms with Crippen LogP contribution in [0.1, 0.15) is 38.3 Å². The van der Waals surface area contributed by atoms with Crippen molar-refractivity contribution in [1.29, 1.82) is 0 Å². The summed E-state index contributed by atoms with van der Waals surface area (Å²) < 4.78 is 26.6. The summed E-state index contributed by atoms with van der Waals surface area (Å²) in [6, 6.07) is 6.99. The lowest BCUT2D eigenvalue weighted by atomic mass is 9.91. The molecule has 0 radical (unpaired) electrons. The maximum Gasteiger partial charge on any atom is 0.215 e. The molecule has 108 valence electrons. The van der Waals surface area contributed by atoms with E-state index in [1.165, 1.54) is 0 Å². The van der Waals surface area contributed by atoms with E-state index in [0.717, 1.165) is 12.0 Å². The highest BCUT2D eigenvalue weighted by Gasteiger charge is 2.19. The van der Waals surface area contributed by atoms with E-state index in [-0.39, 0.29) is 17.8 Å². The molecule has 0 aliphatic heterocycles. The molecule has 0 atom stereocenters.